The van der Waals surface area contributed by atoms with Gasteiger partial charge in [0.1, 0.15) is 0 Å². The highest BCUT2D eigenvalue weighted by Crippen LogP contribution is 2.19. The molecule has 0 radical (unpaired) electrons. The smallest absolute Gasteiger partial charge is 0.162 e. The lowest BCUT2D eigenvalue weighted by Crippen LogP contribution is -1.99. The van der Waals surface area contributed by atoms with Gasteiger partial charge in [-0.15, -0.1) is 0 Å². The molecule has 0 aliphatic heterocycles. The van der Waals surface area contributed by atoms with Crippen LogP contribution in [0.15, 0.2) is 22.7 Å². The minimum absolute atomic E-state index is 0.261. The van der Waals surface area contributed by atoms with Gasteiger partial charge in [0.25, 0.3) is 0 Å². The Morgan fingerprint density at radius 3 is 2.62 bits per heavy atom. The van der Waals surface area contributed by atoms with E-state index in [4.69, 9.17) is 0 Å². The maximum Gasteiger partial charge on any atom is 0.162 e. The third-order valence-electron chi connectivity index (χ3n) is 2.75. The average Bonchev–Trinajstić information content (AvgIpc) is 2.28. The molecule has 0 saturated carbocycles. The molecule has 0 bridgehead atoms. The monoisotopic (exact) mass is 282 g/mol. The maximum absolute atomic E-state index is 11.9. The summed E-state index contributed by atoms with van der Waals surface area (Å²) in [7, 11) is 0. The van der Waals surface area contributed by atoms with Crippen LogP contribution in [0.25, 0.3) is 0 Å². The van der Waals surface area contributed by atoms with Crippen molar-refractivity contribution >= 4 is 21.7 Å². The first-order chi connectivity index (χ1) is 7.65. The van der Waals surface area contributed by atoms with Crippen molar-refractivity contribution < 1.29 is 4.79 Å². The Kier molecular flexibility index (Phi) is 5.75. The number of ketones is 1. The molecular formula is C14H19BrO. The largest absolute Gasteiger partial charge is 0.294 e. The molecule has 0 heterocycles. The summed E-state index contributed by atoms with van der Waals surface area (Å²) in [5.41, 5.74) is 2.00. The molecule has 88 valence electrons. The highest BCUT2D eigenvalue weighted by molar-refractivity contribution is 9.10. The van der Waals surface area contributed by atoms with Crippen molar-refractivity contribution in [1.29, 1.82) is 0 Å². The summed E-state index contributed by atoms with van der Waals surface area (Å²) in [4.78, 5) is 11.9. The first-order valence-corrected chi connectivity index (χ1v) is 6.73. The minimum atomic E-state index is 0.261. The summed E-state index contributed by atoms with van der Waals surface area (Å²) in [6, 6.07) is 5.84. The van der Waals surface area contributed by atoms with E-state index in [2.05, 4.69) is 22.9 Å². The SMILES string of the molecule is CCCCCCC(=O)c1ccc(C)c(Br)c1. The van der Waals surface area contributed by atoms with Crippen LogP contribution in [-0.2, 0) is 0 Å². The van der Waals surface area contributed by atoms with Crippen LogP contribution in [0.4, 0.5) is 0 Å². The van der Waals surface area contributed by atoms with E-state index in [0.717, 1.165) is 22.9 Å². The van der Waals surface area contributed by atoms with Crippen LogP contribution in [0.3, 0.4) is 0 Å². The molecule has 0 N–H and O–H groups in total. The number of rotatable bonds is 6. The minimum Gasteiger partial charge on any atom is -0.294 e. The van der Waals surface area contributed by atoms with Gasteiger partial charge in [0.05, 0.1) is 0 Å². The van der Waals surface area contributed by atoms with Crippen molar-refractivity contribution in [3.05, 3.63) is 33.8 Å². The summed E-state index contributed by atoms with van der Waals surface area (Å²) in [6.45, 7) is 4.21. The number of halogens is 1. The van der Waals surface area contributed by atoms with Crippen LogP contribution in [0.1, 0.15) is 54.9 Å². The standard InChI is InChI=1S/C14H19BrO/c1-3-4-5-6-7-14(16)12-9-8-11(2)13(15)10-12/h8-10H,3-7H2,1-2H3. The van der Waals surface area contributed by atoms with E-state index in [1.54, 1.807) is 0 Å². The Bertz CT molecular complexity index is 358. The number of Topliss-reactive ketones (excluding diaryl/α,β-unsaturated/α-hetero) is 1. The van der Waals surface area contributed by atoms with Crippen LogP contribution >= 0.6 is 15.9 Å². The maximum atomic E-state index is 11.9. The van der Waals surface area contributed by atoms with Gasteiger partial charge in [-0.05, 0) is 25.0 Å². The van der Waals surface area contributed by atoms with E-state index in [1.165, 1.54) is 18.4 Å². The lowest BCUT2D eigenvalue weighted by molar-refractivity contribution is 0.0979. The second kappa shape index (κ2) is 6.85. The van der Waals surface area contributed by atoms with Crippen molar-refractivity contribution in [3.8, 4) is 0 Å². The number of unbranched alkanes of at least 4 members (excludes halogenated alkanes) is 3. The molecule has 0 aliphatic rings. The number of benzene rings is 1. The van der Waals surface area contributed by atoms with Crippen LogP contribution in [0, 0.1) is 6.92 Å². The molecule has 1 aromatic rings. The number of hydrogen-bond acceptors (Lipinski definition) is 1. The third-order valence-corrected chi connectivity index (χ3v) is 3.61. The van der Waals surface area contributed by atoms with Crippen molar-refractivity contribution in [1.82, 2.24) is 0 Å². The van der Waals surface area contributed by atoms with Gasteiger partial charge in [0.2, 0.25) is 0 Å². The predicted molar refractivity (Wildman–Crippen MR) is 72.0 cm³/mol. The Balaban J connectivity index is 2.50. The van der Waals surface area contributed by atoms with E-state index >= 15 is 0 Å². The number of carbonyl (C=O) groups is 1. The first-order valence-electron chi connectivity index (χ1n) is 5.94. The molecule has 2 heteroatoms. The molecule has 16 heavy (non-hydrogen) atoms. The lowest BCUT2D eigenvalue weighted by atomic mass is 10.0. The molecule has 0 atom stereocenters. The van der Waals surface area contributed by atoms with E-state index in [9.17, 15) is 4.79 Å². The Labute approximate surface area is 106 Å². The molecule has 0 unspecified atom stereocenters. The molecule has 1 nitrogen and oxygen atoms in total. The fourth-order valence-electron chi connectivity index (χ4n) is 1.62. The Morgan fingerprint density at radius 2 is 2.00 bits per heavy atom. The molecule has 1 aromatic carbocycles. The van der Waals surface area contributed by atoms with E-state index in [-0.39, 0.29) is 5.78 Å². The average molecular weight is 283 g/mol. The molecule has 0 fully saturated rings. The van der Waals surface area contributed by atoms with Crippen molar-refractivity contribution in [2.75, 3.05) is 0 Å². The van der Waals surface area contributed by atoms with Gasteiger partial charge in [-0.3, -0.25) is 4.79 Å². The van der Waals surface area contributed by atoms with Gasteiger partial charge in [0.15, 0.2) is 5.78 Å². The quantitative estimate of drug-likeness (QED) is 0.535. The van der Waals surface area contributed by atoms with Gasteiger partial charge in [-0.25, -0.2) is 0 Å². The first kappa shape index (κ1) is 13.4. The highest BCUT2D eigenvalue weighted by atomic mass is 79.9. The van der Waals surface area contributed by atoms with Crippen LogP contribution in [0.2, 0.25) is 0 Å². The normalized spacial score (nSPS) is 10.4. The third kappa shape index (κ3) is 4.09. The Hall–Kier alpha value is -0.630. The summed E-state index contributed by atoms with van der Waals surface area (Å²) in [5.74, 6) is 0.261. The van der Waals surface area contributed by atoms with Crippen molar-refractivity contribution in [2.45, 2.75) is 46.0 Å². The summed E-state index contributed by atoms with van der Waals surface area (Å²) in [5, 5.41) is 0. The van der Waals surface area contributed by atoms with Gasteiger partial charge in [-0.2, -0.15) is 0 Å². The topological polar surface area (TPSA) is 17.1 Å². The predicted octanol–water partition coefficient (Wildman–Crippen LogP) is 4.91. The Morgan fingerprint density at radius 1 is 1.25 bits per heavy atom. The zero-order valence-corrected chi connectivity index (χ0v) is 11.6. The molecular weight excluding hydrogens is 264 g/mol. The zero-order chi connectivity index (χ0) is 12.0. The highest BCUT2D eigenvalue weighted by Gasteiger charge is 2.06. The van der Waals surface area contributed by atoms with E-state index in [0.29, 0.717) is 6.42 Å². The molecule has 0 aromatic heterocycles. The fraction of sp³-hybridized carbons (Fsp3) is 0.500. The van der Waals surface area contributed by atoms with Gasteiger partial charge in [0, 0.05) is 16.5 Å². The number of hydrogen-bond donors (Lipinski definition) is 0. The zero-order valence-electron chi connectivity index (χ0n) is 10.1. The summed E-state index contributed by atoms with van der Waals surface area (Å²) < 4.78 is 1.02. The van der Waals surface area contributed by atoms with Crippen LogP contribution in [-0.4, -0.2) is 5.78 Å². The fourth-order valence-corrected chi connectivity index (χ4v) is 2.00. The van der Waals surface area contributed by atoms with Gasteiger partial charge < -0.3 is 0 Å². The number of carbonyl (C=O) groups excluding carboxylic acids is 1. The van der Waals surface area contributed by atoms with Crippen LogP contribution < -0.4 is 0 Å². The van der Waals surface area contributed by atoms with Crippen molar-refractivity contribution in [3.63, 3.8) is 0 Å². The van der Waals surface area contributed by atoms with Crippen LogP contribution in [0.5, 0.6) is 0 Å². The van der Waals surface area contributed by atoms with E-state index in [1.807, 2.05) is 25.1 Å². The van der Waals surface area contributed by atoms with E-state index < -0.39 is 0 Å². The second-order valence-electron chi connectivity index (χ2n) is 4.20. The summed E-state index contributed by atoms with van der Waals surface area (Å²) in [6.07, 6.45) is 5.29. The molecule has 0 aliphatic carbocycles. The number of aryl methyl sites for hydroxylation is 1. The van der Waals surface area contributed by atoms with Gasteiger partial charge >= 0.3 is 0 Å². The molecule has 1 rings (SSSR count). The van der Waals surface area contributed by atoms with Crippen molar-refractivity contribution in [2.24, 2.45) is 0 Å². The molecule has 0 saturated heterocycles. The second-order valence-corrected chi connectivity index (χ2v) is 5.05. The molecule has 0 spiro atoms. The molecule has 0 amide bonds. The van der Waals surface area contributed by atoms with Gasteiger partial charge in [-0.1, -0.05) is 54.2 Å². The lowest BCUT2D eigenvalue weighted by Gasteiger charge is -2.03. The summed E-state index contributed by atoms with van der Waals surface area (Å²) >= 11 is 3.46.